The number of hydrogen-bond donors (Lipinski definition) is 2. The van der Waals surface area contributed by atoms with Crippen molar-refractivity contribution in [1.29, 1.82) is 0 Å². The predicted molar refractivity (Wildman–Crippen MR) is 92.4 cm³/mol. The summed E-state index contributed by atoms with van der Waals surface area (Å²) in [5, 5.41) is 9.60. The third kappa shape index (κ3) is 3.51. The molecule has 2 N–H and O–H groups in total. The topological polar surface area (TPSA) is 104 Å². The van der Waals surface area contributed by atoms with Crippen LogP contribution in [-0.4, -0.2) is 54.4 Å². The van der Waals surface area contributed by atoms with Crippen LogP contribution in [0, 0.1) is 23.2 Å². The first-order valence-electron chi connectivity index (χ1n) is 9.41. The summed E-state index contributed by atoms with van der Waals surface area (Å²) in [5.41, 5.74) is -5.80. The number of carbonyl (C=O) groups is 2. The summed E-state index contributed by atoms with van der Waals surface area (Å²) in [7, 11) is -5.73. The van der Waals surface area contributed by atoms with E-state index in [1.807, 2.05) is 13.8 Å². The summed E-state index contributed by atoms with van der Waals surface area (Å²) in [5.74, 6) is -3.00. The monoisotopic (exact) mass is 426 g/mol. The van der Waals surface area contributed by atoms with Gasteiger partial charge in [-0.3, -0.25) is 4.79 Å². The van der Waals surface area contributed by atoms with Gasteiger partial charge < -0.3 is 10.0 Å². The normalized spacial score (nSPS) is 31.3. The highest BCUT2D eigenvalue weighted by Crippen LogP contribution is 2.65. The van der Waals surface area contributed by atoms with Gasteiger partial charge >= 0.3 is 21.5 Å². The second-order valence-corrected chi connectivity index (χ2v) is 10.4. The number of hydrogen-bond acceptors (Lipinski definition) is 4. The molecule has 11 heteroatoms. The number of fused-ring (bicyclic) bond motifs is 1. The van der Waals surface area contributed by atoms with Gasteiger partial charge in [-0.15, -0.1) is 0 Å². The van der Waals surface area contributed by atoms with E-state index < -0.39 is 45.4 Å². The van der Waals surface area contributed by atoms with Crippen molar-refractivity contribution in [1.82, 2.24) is 9.62 Å². The summed E-state index contributed by atoms with van der Waals surface area (Å²) < 4.78 is 63.7. The van der Waals surface area contributed by atoms with Crippen LogP contribution in [0.5, 0.6) is 0 Å². The fraction of sp³-hybridized carbons (Fsp3) is 0.882. The first-order chi connectivity index (χ1) is 12.8. The van der Waals surface area contributed by atoms with Crippen LogP contribution in [-0.2, 0) is 19.6 Å². The van der Waals surface area contributed by atoms with Crippen molar-refractivity contribution in [2.45, 2.75) is 63.5 Å². The lowest BCUT2D eigenvalue weighted by atomic mass is 9.83. The van der Waals surface area contributed by atoms with Gasteiger partial charge in [-0.05, 0) is 30.1 Å². The predicted octanol–water partition coefficient (Wildman–Crippen LogP) is 1.94. The van der Waals surface area contributed by atoms with Crippen LogP contribution >= 0.6 is 0 Å². The third-order valence-electron chi connectivity index (χ3n) is 6.72. The van der Waals surface area contributed by atoms with Gasteiger partial charge in [-0.1, -0.05) is 33.1 Å². The van der Waals surface area contributed by atoms with Gasteiger partial charge in [0.2, 0.25) is 5.91 Å². The van der Waals surface area contributed by atoms with Gasteiger partial charge in [0.25, 0.3) is 0 Å². The van der Waals surface area contributed by atoms with Crippen molar-refractivity contribution in [3.05, 3.63) is 0 Å². The van der Waals surface area contributed by atoms with Gasteiger partial charge in [-0.2, -0.15) is 17.9 Å². The zero-order chi connectivity index (χ0) is 21.1. The van der Waals surface area contributed by atoms with Crippen molar-refractivity contribution in [3.63, 3.8) is 0 Å². The molecule has 0 aromatic heterocycles. The molecule has 0 unspecified atom stereocenters. The van der Waals surface area contributed by atoms with E-state index in [2.05, 4.69) is 0 Å². The third-order valence-corrected chi connectivity index (χ3v) is 7.89. The van der Waals surface area contributed by atoms with Crippen LogP contribution < -0.4 is 4.72 Å². The standard InChI is InChI=1S/C17H25F3N2O5S/c1-16(2)10-8-22(13(11(10)16)15(24)25)14(23)12(9-6-4-3-5-7-9)21-28(26,27)17(18,19)20/h9-13,21H,3-8H2,1-2H3,(H,24,25)/t10-,11-,12-,13-/m0/s1. The molecule has 1 heterocycles. The van der Waals surface area contributed by atoms with E-state index >= 15 is 0 Å². The molecule has 3 aliphatic rings. The number of nitrogens with zero attached hydrogens (tertiary/aromatic N) is 1. The van der Waals surface area contributed by atoms with E-state index in [1.54, 1.807) is 4.72 Å². The highest BCUT2D eigenvalue weighted by molar-refractivity contribution is 7.90. The Labute approximate surface area is 161 Å². The van der Waals surface area contributed by atoms with Crippen molar-refractivity contribution < 1.29 is 36.3 Å². The molecule has 7 nitrogen and oxygen atoms in total. The number of alkyl halides is 3. The molecule has 0 bridgehead atoms. The van der Waals surface area contributed by atoms with Crippen LogP contribution in [0.1, 0.15) is 46.0 Å². The lowest BCUT2D eigenvalue weighted by Crippen LogP contribution is -2.58. The molecule has 0 aromatic carbocycles. The Morgan fingerprint density at radius 1 is 1.18 bits per heavy atom. The summed E-state index contributed by atoms with van der Waals surface area (Å²) in [6.07, 6.45) is 3.07. The number of likely N-dealkylation sites (tertiary alicyclic amines) is 1. The molecule has 2 saturated carbocycles. The molecular weight excluding hydrogens is 401 g/mol. The molecule has 3 fully saturated rings. The number of amides is 1. The second kappa shape index (κ2) is 6.86. The number of sulfonamides is 1. The van der Waals surface area contributed by atoms with Gasteiger partial charge in [0, 0.05) is 12.5 Å². The number of carboxylic acid groups (broad SMARTS) is 1. The number of nitrogens with one attached hydrogen (secondary N) is 1. The molecule has 0 spiro atoms. The minimum Gasteiger partial charge on any atom is -0.480 e. The first-order valence-corrected chi connectivity index (χ1v) is 10.9. The smallest absolute Gasteiger partial charge is 0.480 e. The average molecular weight is 426 g/mol. The Morgan fingerprint density at radius 2 is 1.75 bits per heavy atom. The van der Waals surface area contributed by atoms with Gasteiger partial charge in [0.05, 0.1) is 0 Å². The SMILES string of the molecule is CC1(C)[C@@H]2[C@@H](C(=O)O)N(C(=O)[C@@H](NS(=O)(=O)C(F)(F)F)C3CCCCC3)C[C@@H]21. The number of halogens is 3. The largest absolute Gasteiger partial charge is 0.511 e. The number of rotatable bonds is 5. The Balaban J connectivity index is 1.88. The zero-order valence-electron chi connectivity index (χ0n) is 15.7. The molecule has 160 valence electrons. The molecule has 0 radical (unpaired) electrons. The van der Waals surface area contributed by atoms with Crippen LogP contribution in [0.3, 0.4) is 0 Å². The van der Waals surface area contributed by atoms with E-state index in [0.717, 1.165) is 11.3 Å². The van der Waals surface area contributed by atoms with Crippen molar-refractivity contribution >= 4 is 21.9 Å². The van der Waals surface area contributed by atoms with Crippen molar-refractivity contribution in [3.8, 4) is 0 Å². The van der Waals surface area contributed by atoms with Crippen molar-refractivity contribution in [2.24, 2.45) is 23.2 Å². The molecule has 1 saturated heterocycles. The maximum Gasteiger partial charge on any atom is 0.511 e. The van der Waals surface area contributed by atoms with E-state index in [4.69, 9.17) is 0 Å². The molecule has 3 rings (SSSR count). The van der Waals surface area contributed by atoms with Crippen LogP contribution in [0.2, 0.25) is 0 Å². The van der Waals surface area contributed by atoms with Gasteiger partial charge in [0.1, 0.15) is 12.1 Å². The number of carbonyl (C=O) groups excluding carboxylic acids is 1. The fourth-order valence-corrected chi connectivity index (χ4v) is 5.79. The quantitative estimate of drug-likeness (QED) is 0.699. The first kappa shape index (κ1) is 21.4. The highest BCUT2D eigenvalue weighted by atomic mass is 32.2. The Morgan fingerprint density at radius 3 is 2.25 bits per heavy atom. The fourth-order valence-electron chi connectivity index (χ4n) is 5.02. The summed E-state index contributed by atoms with van der Waals surface area (Å²) >= 11 is 0. The van der Waals surface area contributed by atoms with Crippen LogP contribution in [0.15, 0.2) is 0 Å². The maximum absolute atomic E-state index is 13.1. The van der Waals surface area contributed by atoms with E-state index in [-0.39, 0.29) is 23.8 Å². The lowest BCUT2D eigenvalue weighted by molar-refractivity contribution is -0.151. The summed E-state index contributed by atoms with van der Waals surface area (Å²) in [4.78, 5) is 26.0. The molecule has 4 atom stereocenters. The zero-order valence-corrected chi connectivity index (χ0v) is 16.5. The number of piperidine rings is 1. The van der Waals surface area contributed by atoms with E-state index in [1.165, 1.54) is 0 Å². The molecular formula is C17H25F3N2O5S. The molecule has 0 aromatic rings. The Hall–Kier alpha value is -1.36. The number of carboxylic acids is 1. The van der Waals surface area contributed by atoms with Crippen LogP contribution in [0.25, 0.3) is 0 Å². The molecule has 1 amide bonds. The molecule has 28 heavy (non-hydrogen) atoms. The van der Waals surface area contributed by atoms with Crippen LogP contribution in [0.4, 0.5) is 13.2 Å². The van der Waals surface area contributed by atoms with Gasteiger partial charge in [0.15, 0.2) is 0 Å². The average Bonchev–Trinajstić information content (AvgIpc) is 2.95. The minimum atomic E-state index is -5.73. The lowest BCUT2D eigenvalue weighted by Gasteiger charge is -2.36. The Kier molecular flexibility index (Phi) is 5.23. The highest BCUT2D eigenvalue weighted by Gasteiger charge is 2.70. The summed E-state index contributed by atoms with van der Waals surface area (Å²) in [6, 6.07) is -2.75. The van der Waals surface area contributed by atoms with Gasteiger partial charge in [-0.25, -0.2) is 13.2 Å². The molecule has 1 aliphatic heterocycles. The van der Waals surface area contributed by atoms with E-state index in [9.17, 15) is 36.3 Å². The molecule has 2 aliphatic carbocycles. The maximum atomic E-state index is 13.1. The summed E-state index contributed by atoms with van der Waals surface area (Å²) in [6.45, 7) is 3.90. The minimum absolute atomic E-state index is 0.0521. The van der Waals surface area contributed by atoms with E-state index in [0.29, 0.717) is 25.7 Å². The number of aliphatic carboxylic acids is 1. The Bertz CT molecular complexity index is 761. The second-order valence-electron chi connectivity index (χ2n) is 8.67. The van der Waals surface area contributed by atoms with Crippen molar-refractivity contribution in [2.75, 3.05) is 6.54 Å².